The van der Waals surface area contributed by atoms with Gasteiger partial charge in [0.1, 0.15) is 5.82 Å². The van der Waals surface area contributed by atoms with Crippen LogP contribution in [0, 0.1) is 17.2 Å². The Hall–Kier alpha value is -0.590. The van der Waals surface area contributed by atoms with Crippen molar-refractivity contribution in [3.63, 3.8) is 0 Å². The minimum Gasteiger partial charge on any atom is -0.389 e. The molecule has 1 N–H and O–H groups in total. The van der Waals surface area contributed by atoms with E-state index in [-0.39, 0.29) is 30.6 Å². The summed E-state index contributed by atoms with van der Waals surface area (Å²) in [6, 6.07) is 6.69. The molecule has 1 heterocycles. The molecule has 174 valence electrons. The highest BCUT2D eigenvalue weighted by atomic mass is 35.5. The number of rotatable bonds is 6. The molecule has 1 aliphatic heterocycles. The largest absolute Gasteiger partial charge is 0.389 e. The normalized spacial score (nSPS) is 24.0. The molecule has 1 atom stereocenters. The first-order valence-corrected chi connectivity index (χ1v) is 10.8. The number of halogens is 3. The summed E-state index contributed by atoms with van der Waals surface area (Å²) in [6.07, 6.45) is 4.57. The van der Waals surface area contributed by atoms with Crippen molar-refractivity contribution in [2.45, 2.75) is 58.7 Å². The van der Waals surface area contributed by atoms with Gasteiger partial charge in [0, 0.05) is 38.4 Å². The number of β-amino-alcohol motifs (C(OH)–C–C–N with tert-alkyl or cyclic N) is 1. The van der Waals surface area contributed by atoms with Crippen molar-refractivity contribution >= 4 is 30.5 Å². The highest BCUT2D eigenvalue weighted by molar-refractivity contribution is 5.85. The van der Waals surface area contributed by atoms with Crippen LogP contribution in [0.1, 0.15) is 46.5 Å². The quantitative estimate of drug-likeness (QED) is 0.657. The average molecular weight is 465 g/mol. The standard InChI is InChI=1S/C23H37FN2O2.2ClH/c1-23(2,3)18-4-10-22(11-5-18)28-17-21(27)16-25-12-14-26(15-13-25)20-8-6-19(24)7-9-20;;/h6-9,18,21-22,27H,4-5,10-17H2,1-3H3;2*1H. The number of anilines is 1. The van der Waals surface area contributed by atoms with Crippen LogP contribution < -0.4 is 4.90 Å². The number of aliphatic hydroxyl groups excluding tert-OH is 1. The van der Waals surface area contributed by atoms with Crippen LogP contribution in [0.5, 0.6) is 0 Å². The third kappa shape index (κ3) is 8.16. The van der Waals surface area contributed by atoms with Crippen LogP contribution in [0.3, 0.4) is 0 Å². The predicted octanol–water partition coefficient (Wildman–Crippen LogP) is 4.77. The molecule has 1 saturated carbocycles. The molecule has 4 nitrogen and oxygen atoms in total. The lowest BCUT2D eigenvalue weighted by molar-refractivity contribution is -0.0446. The number of benzene rings is 1. The Bertz CT molecular complexity index is 596. The van der Waals surface area contributed by atoms with Crippen LogP contribution in [-0.4, -0.2) is 61.5 Å². The zero-order valence-corrected chi connectivity index (χ0v) is 20.2. The lowest BCUT2D eigenvalue weighted by atomic mass is 9.72. The van der Waals surface area contributed by atoms with Gasteiger partial charge in [0.25, 0.3) is 0 Å². The molecule has 0 bridgehead atoms. The number of hydrogen-bond donors (Lipinski definition) is 1. The first kappa shape index (κ1) is 27.4. The summed E-state index contributed by atoms with van der Waals surface area (Å²) in [5.74, 6) is 0.590. The van der Waals surface area contributed by atoms with E-state index in [2.05, 4.69) is 30.6 Å². The predicted molar refractivity (Wildman–Crippen MR) is 127 cm³/mol. The second-order valence-electron chi connectivity index (χ2n) is 9.59. The van der Waals surface area contributed by atoms with E-state index in [1.807, 2.05) is 12.1 Å². The first-order chi connectivity index (χ1) is 13.3. The van der Waals surface area contributed by atoms with Gasteiger partial charge in [-0.25, -0.2) is 4.39 Å². The summed E-state index contributed by atoms with van der Waals surface area (Å²) in [5.41, 5.74) is 1.45. The van der Waals surface area contributed by atoms with Crippen LogP contribution in [0.15, 0.2) is 24.3 Å². The molecular formula is C23H39Cl2FN2O2. The summed E-state index contributed by atoms with van der Waals surface area (Å²) in [6.45, 7) is 11.7. The van der Waals surface area contributed by atoms with Crippen molar-refractivity contribution in [3.8, 4) is 0 Å². The minimum atomic E-state index is -0.433. The Morgan fingerprint density at radius 1 is 1.00 bits per heavy atom. The van der Waals surface area contributed by atoms with Crippen LogP contribution in [-0.2, 0) is 4.74 Å². The fourth-order valence-electron chi connectivity index (χ4n) is 4.53. The molecule has 0 spiro atoms. The molecule has 1 aromatic carbocycles. The third-order valence-corrected chi connectivity index (χ3v) is 6.46. The third-order valence-electron chi connectivity index (χ3n) is 6.46. The van der Waals surface area contributed by atoms with Gasteiger partial charge in [-0.1, -0.05) is 20.8 Å². The van der Waals surface area contributed by atoms with Gasteiger partial charge in [0.15, 0.2) is 0 Å². The Labute approximate surface area is 194 Å². The van der Waals surface area contributed by atoms with Crippen molar-refractivity contribution in [2.75, 3.05) is 44.2 Å². The highest BCUT2D eigenvalue weighted by Gasteiger charge is 2.30. The van der Waals surface area contributed by atoms with Crippen molar-refractivity contribution < 1.29 is 14.2 Å². The van der Waals surface area contributed by atoms with Gasteiger partial charge in [-0.05, 0) is 61.3 Å². The van der Waals surface area contributed by atoms with Crippen LogP contribution in [0.4, 0.5) is 10.1 Å². The van der Waals surface area contributed by atoms with E-state index < -0.39 is 6.10 Å². The molecule has 2 aliphatic rings. The fourth-order valence-corrected chi connectivity index (χ4v) is 4.53. The highest BCUT2D eigenvalue weighted by Crippen LogP contribution is 2.38. The van der Waals surface area contributed by atoms with Gasteiger partial charge < -0.3 is 14.7 Å². The molecule has 0 radical (unpaired) electrons. The summed E-state index contributed by atoms with van der Waals surface area (Å²) in [7, 11) is 0. The maximum Gasteiger partial charge on any atom is 0.123 e. The van der Waals surface area contributed by atoms with Crippen molar-refractivity contribution in [2.24, 2.45) is 11.3 Å². The molecule has 1 aromatic rings. The fraction of sp³-hybridized carbons (Fsp3) is 0.739. The Morgan fingerprint density at radius 3 is 2.10 bits per heavy atom. The molecule has 1 unspecified atom stereocenters. The first-order valence-electron chi connectivity index (χ1n) is 10.8. The Balaban J connectivity index is 0.00000225. The second kappa shape index (κ2) is 12.4. The Kier molecular flexibility index (Phi) is 11.4. The number of ether oxygens (including phenoxy) is 1. The Morgan fingerprint density at radius 2 is 1.57 bits per heavy atom. The van der Waals surface area contributed by atoms with Gasteiger partial charge in [-0.15, -0.1) is 24.8 Å². The van der Waals surface area contributed by atoms with E-state index in [4.69, 9.17) is 4.74 Å². The monoisotopic (exact) mass is 464 g/mol. The summed E-state index contributed by atoms with van der Waals surface area (Å²) in [4.78, 5) is 4.57. The molecule has 0 amide bonds. The van der Waals surface area contributed by atoms with E-state index in [1.165, 1.54) is 25.0 Å². The molecule has 30 heavy (non-hydrogen) atoms. The lowest BCUT2D eigenvalue weighted by Gasteiger charge is -2.38. The van der Waals surface area contributed by atoms with Gasteiger partial charge in [-0.2, -0.15) is 0 Å². The lowest BCUT2D eigenvalue weighted by Crippen LogP contribution is -2.49. The topological polar surface area (TPSA) is 35.9 Å². The van der Waals surface area contributed by atoms with E-state index in [0.29, 0.717) is 24.7 Å². The summed E-state index contributed by atoms with van der Waals surface area (Å²) >= 11 is 0. The van der Waals surface area contributed by atoms with Gasteiger partial charge >= 0.3 is 0 Å². The zero-order valence-electron chi connectivity index (χ0n) is 18.6. The number of nitrogens with zero attached hydrogens (tertiary/aromatic N) is 2. The smallest absolute Gasteiger partial charge is 0.123 e. The van der Waals surface area contributed by atoms with E-state index in [1.54, 1.807) is 0 Å². The summed E-state index contributed by atoms with van der Waals surface area (Å²) < 4.78 is 19.1. The van der Waals surface area contributed by atoms with Gasteiger partial charge in [0.05, 0.1) is 18.8 Å². The van der Waals surface area contributed by atoms with Gasteiger partial charge in [-0.3, -0.25) is 4.90 Å². The van der Waals surface area contributed by atoms with Crippen molar-refractivity contribution in [1.29, 1.82) is 0 Å². The zero-order chi connectivity index (χ0) is 20.1. The molecule has 3 rings (SSSR count). The van der Waals surface area contributed by atoms with E-state index >= 15 is 0 Å². The van der Waals surface area contributed by atoms with Crippen molar-refractivity contribution in [1.82, 2.24) is 4.90 Å². The minimum absolute atomic E-state index is 0. The average Bonchev–Trinajstić information content (AvgIpc) is 2.67. The molecule has 1 saturated heterocycles. The van der Waals surface area contributed by atoms with Crippen LogP contribution in [0.2, 0.25) is 0 Å². The number of aliphatic hydroxyl groups is 1. The van der Waals surface area contributed by atoms with E-state index in [0.717, 1.165) is 50.6 Å². The number of hydrogen-bond acceptors (Lipinski definition) is 4. The van der Waals surface area contributed by atoms with Crippen LogP contribution >= 0.6 is 24.8 Å². The SMILES string of the molecule is CC(C)(C)C1CCC(OCC(O)CN2CCN(c3ccc(F)cc3)CC2)CC1.Cl.Cl. The van der Waals surface area contributed by atoms with Gasteiger partial charge in [0.2, 0.25) is 0 Å². The second-order valence-corrected chi connectivity index (χ2v) is 9.59. The molecule has 0 aromatic heterocycles. The molecular weight excluding hydrogens is 426 g/mol. The van der Waals surface area contributed by atoms with Crippen LogP contribution in [0.25, 0.3) is 0 Å². The number of piperazine rings is 1. The maximum absolute atomic E-state index is 13.1. The molecule has 7 heteroatoms. The molecule has 2 fully saturated rings. The maximum atomic E-state index is 13.1. The molecule has 1 aliphatic carbocycles. The summed E-state index contributed by atoms with van der Waals surface area (Å²) in [5, 5.41) is 10.4. The van der Waals surface area contributed by atoms with Crippen molar-refractivity contribution in [3.05, 3.63) is 30.1 Å². The van der Waals surface area contributed by atoms with E-state index in [9.17, 15) is 9.50 Å².